The minimum atomic E-state index is -0.938. The Balaban J connectivity index is 2.01. The highest BCUT2D eigenvalue weighted by Crippen LogP contribution is 2.19. The average molecular weight is 266 g/mol. The van der Waals surface area contributed by atoms with Crippen molar-refractivity contribution in [3.05, 3.63) is 65.5 Å². The minimum Gasteiger partial charge on any atom is -0.478 e. The van der Waals surface area contributed by atoms with Gasteiger partial charge in [-0.05, 0) is 23.3 Å². The Hall–Kier alpha value is -2.62. The van der Waals surface area contributed by atoms with Gasteiger partial charge in [-0.15, -0.1) is 0 Å². The van der Waals surface area contributed by atoms with Crippen molar-refractivity contribution in [3.8, 4) is 0 Å². The van der Waals surface area contributed by atoms with E-state index in [0.717, 1.165) is 5.56 Å². The highest BCUT2D eigenvalue weighted by molar-refractivity contribution is 5.88. The number of nitrogens with zero attached hydrogens (tertiary/aromatic N) is 2. The summed E-state index contributed by atoms with van der Waals surface area (Å²) in [7, 11) is 0. The predicted octanol–water partition coefficient (Wildman–Crippen LogP) is 3.09. The van der Waals surface area contributed by atoms with Crippen molar-refractivity contribution in [2.75, 3.05) is 0 Å². The number of carboxylic acid groups (broad SMARTS) is 1. The number of aromatic carboxylic acids is 1. The maximum atomic E-state index is 11.0. The smallest absolute Gasteiger partial charge is 0.339 e. The first-order chi connectivity index (χ1) is 9.65. The third kappa shape index (κ3) is 2.16. The van der Waals surface area contributed by atoms with Crippen molar-refractivity contribution < 1.29 is 9.90 Å². The molecule has 0 aliphatic rings. The lowest BCUT2D eigenvalue weighted by molar-refractivity contribution is 0.0696. The fourth-order valence-electron chi connectivity index (χ4n) is 2.41. The van der Waals surface area contributed by atoms with Crippen LogP contribution in [0.4, 0.5) is 0 Å². The molecule has 100 valence electrons. The molecule has 3 aromatic rings. The molecule has 4 heteroatoms. The quantitative estimate of drug-likeness (QED) is 0.792. The van der Waals surface area contributed by atoms with Gasteiger partial charge >= 0.3 is 5.97 Å². The van der Waals surface area contributed by atoms with Crippen LogP contribution in [0.1, 0.15) is 21.6 Å². The van der Waals surface area contributed by atoms with Crippen molar-refractivity contribution >= 4 is 16.7 Å². The summed E-state index contributed by atoms with van der Waals surface area (Å²) in [5.74, 6) is -0.938. The molecule has 20 heavy (non-hydrogen) atoms. The maximum Gasteiger partial charge on any atom is 0.339 e. The van der Waals surface area contributed by atoms with E-state index >= 15 is 0 Å². The van der Waals surface area contributed by atoms with Gasteiger partial charge in [0.1, 0.15) is 5.56 Å². The van der Waals surface area contributed by atoms with Crippen LogP contribution in [0.15, 0.2) is 48.7 Å². The van der Waals surface area contributed by atoms with E-state index in [0.29, 0.717) is 12.2 Å². The number of rotatable bonds is 3. The van der Waals surface area contributed by atoms with Gasteiger partial charge in [0.25, 0.3) is 0 Å². The summed E-state index contributed by atoms with van der Waals surface area (Å²) < 4.78 is 1.68. The second-order valence-electron chi connectivity index (χ2n) is 4.77. The van der Waals surface area contributed by atoms with Gasteiger partial charge in [-0.25, -0.2) is 4.79 Å². The molecule has 1 aromatic heterocycles. The molecule has 0 saturated heterocycles. The van der Waals surface area contributed by atoms with E-state index in [1.165, 1.54) is 10.8 Å². The van der Waals surface area contributed by atoms with Crippen LogP contribution in [-0.2, 0) is 6.54 Å². The molecular weight excluding hydrogens is 252 g/mol. The van der Waals surface area contributed by atoms with Crippen LogP contribution in [0.3, 0.4) is 0 Å². The SMILES string of the molecule is Cc1nn(Cc2cccc3ccccc23)cc1C(=O)O. The zero-order chi connectivity index (χ0) is 14.1. The Labute approximate surface area is 116 Å². The van der Waals surface area contributed by atoms with E-state index in [1.54, 1.807) is 17.8 Å². The van der Waals surface area contributed by atoms with Gasteiger partial charge in [0, 0.05) is 6.20 Å². The fraction of sp³-hybridized carbons (Fsp3) is 0.125. The van der Waals surface area contributed by atoms with Crippen molar-refractivity contribution in [1.82, 2.24) is 9.78 Å². The summed E-state index contributed by atoms with van der Waals surface area (Å²) in [5, 5.41) is 15.7. The standard InChI is InChI=1S/C16H14N2O2/c1-11-15(16(19)20)10-18(17-11)9-13-7-4-6-12-5-2-3-8-14(12)13/h2-8,10H,9H2,1H3,(H,19,20). The van der Waals surface area contributed by atoms with Gasteiger partial charge in [-0.2, -0.15) is 5.10 Å². The molecule has 0 atom stereocenters. The molecule has 0 saturated carbocycles. The summed E-state index contributed by atoms with van der Waals surface area (Å²) >= 11 is 0. The summed E-state index contributed by atoms with van der Waals surface area (Å²) in [6.45, 7) is 2.28. The van der Waals surface area contributed by atoms with Crippen molar-refractivity contribution in [1.29, 1.82) is 0 Å². The topological polar surface area (TPSA) is 55.1 Å². The first-order valence-electron chi connectivity index (χ1n) is 6.39. The molecule has 1 heterocycles. The average Bonchev–Trinajstić information content (AvgIpc) is 2.80. The lowest BCUT2D eigenvalue weighted by atomic mass is 10.0. The molecule has 0 aliphatic heterocycles. The Kier molecular flexibility index (Phi) is 2.99. The molecule has 0 spiro atoms. The lowest BCUT2D eigenvalue weighted by Gasteiger charge is -2.06. The van der Waals surface area contributed by atoms with Crippen LogP contribution in [0, 0.1) is 6.92 Å². The van der Waals surface area contributed by atoms with Gasteiger partial charge in [0.2, 0.25) is 0 Å². The number of carbonyl (C=O) groups is 1. The zero-order valence-electron chi connectivity index (χ0n) is 11.1. The molecule has 2 aromatic carbocycles. The van der Waals surface area contributed by atoms with E-state index in [2.05, 4.69) is 23.3 Å². The number of carboxylic acids is 1. The van der Waals surface area contributed by atoms with Gasteiger partial charge in [-0.1, -0.05) is 42.5 Å². The minimum absolute atomic E-state index is 0.255. The Morgan fingerprint density at radius 2 is 1.95 bits per heavy atom. The first-order valence-corrected chi connectivity index (χ1v) is 6.39. The second-order valence-corrected chi connectivity index (χ2v) is 4.77. The number of aryl methyl sites for hydroxylation is 1. The van der Waals surface area contributed by atoms with Crippen molar-refractivity contribution in [3.63, 3.8) is 0 Å². The van der Waals surface area contributed by atoms with E-state index < -0.39 is 5.97 Å². The van der Waals surface area contributed by atoms with Gasteiger partial charge < -0.3 is 5.11 Å². The van der Waals surface area contributed by atoms with Crippen LogP contribution in [0.25, 0.3) is 10.8 Å². The summed E-state index contributed by atoms with van der Waals surface area (Å²) in [6.07, 6.45) is 1.58. The van der Waals surface area contributed by atoms with Crippen LogP contribution in [0.5, 0.6) is 0 Å². The monoisotopic (exact) mass is 266 g/mol. The Morgan fingerprint density at radius 3 is 2.70 bits per heavy atom. The van der Waals surface area contributed by atoms with E-state index in [4.69, 9.17) is 5.11 Å². The molecule has 0 fully saturated rings. The number of aromatic nitrogens is 2. The molecule has 0 aliphatic carbocycles. The maximum absolute atomic E-state index is 11.0. The molecule has 1 N–H and O–H groups in total. The van der Waals surface area contributed by atoms with E-state index in [9.17, 15) is 4.79 Å². The summed E-state index contributed by atoms with van der Waals surface area (Å²) in [6, 6.07) is 14.3. The molecule has 3 rings (SSSR count). The molecular formula is C16H14N2O2. The predicted molar refractivity (Wildman–Crippen MR) is 77.0 cm³/mol. The normalized spacial score (nSPS) is 10.8. The number of hydrogen-bond donors (Lipinski definition) is 1. The van der Waals surface area contributed by atoms with Crippen LogP contribution < -0.4 is 0 Å². The molecule has 4 nitrogen and oxygen atoms in total. The molecule has 0 bridgehead atoms. The summed E-state index contributed by atoms with van der Waals surface area (Å²) in [4.78, 5) is 11.0. The van der Waals surface area contributed by atoms with Gasteiger partial charge in [-0.3, -0.25) is 4.68 Å². The Morgan fingerprint density at radius 1 is 1.20 bits per heavy atom. The highest BCUT2D eigenvalue weighted by atomic mass is 16.4. The molecule has 0 unspecified atom stereocenters. The van der Waals surface area contributed by atoms with Crippen molar-refractivity contribution in [2.24, 2.45) is 0 Å². The van der Waals surface area contributed by atoms with E-state index in [-0.39, 0.29) is 5.56 Å². The highest BCUT2D eigenvalue weighted by Gasteiger charge is 2.12. The number of hydrogen-bond acceptors (Lipinski definition) is 2. The van der Waals surface area contributed by atoms with Crippen molar-refractivity contribution in [2.45, 2.75) is 13.5 Å². The van der Waals surface area contributed by atoms with Crippen LogP contribution >= 0.6 is 0 Å². The zero-order valence-corrected chi connectivity index (χ0v) is 11.1. The summed E-state index contributed by atoms with van der Waals surface area (Å²) in [5.41, 5.74) is 1.92. The number of fused-ring (bicyclic) bond motifs is 1. The largest absolute Gasteiger partial charge is 0.478 e. The number of benzene rings is 2. The third-order valence-corrected chi connectivity index (χ3v) is 3.39. The fourth-order valence-corrected chi connectivity index (χ4v) is 2.41. The molecule has 0 radical (unpaired) electrons. The first kappa shape index (κ1) is 12.4. The lowest BCUT2D eigenvalue weighted by Crippen LogP contribution is -2.01. The van der Waals surface area contributed by atoms with E-state index in [1.807, 2.05) is 24.3 Å². The second kappa shape index (κ2) is 4.81. The third-order valence-electron chi connectivity index (χ3n) is 3.39. The van der Waals surface area contributed by atoms with Gasteiger partial charge in [0.05, 0.1) is 12.2 Å². The van der Waals surface area contributed by atoms with Crippen LogP contribution in [-0.4, -0.2) is 20.9 Å². The Bertz CT molecular complexity index is 785. The molecule has 0 amide bonds. The van der Waals surface area contributed by atoms with Gasteiger partial charge in [0.15, 0.2) is 0 Å². The van der Waals surface area contributed by atoms with Crippen LogP contribution in [0.2, 0.25) is 0 Å².